The van der Waals surface area contributed by atoms with Crippen molar-refractivity contribution in [3.63, 3.8) is 0 Å². The van der Waals surface area contributed by atoms with Crippen LogP contribution >= 0.6 is 0 Å². The minimum atomic E-state index is 0.232. The van der Waals surface area contributed by atoms with Crippen LogP contribution in [0.5, 0.6) is 0 Å². The number of rotatable bonds is 0. The molecule has 0 bridgehead atoms. The number of aryl methyl sites for hydroxylation is 1. The van der Waals surface area contributed by atoms with Crippen molar-refractivity contribution >= 4 is 11.2 Å². The molecule has 2 aromatic heterocycles. The van der Waals surface area contributed by atoms with Crippen LogP contribution in [0.4, 0.5) is 0 Å². The Morgan fingerprint density at radius 3 is 3.09 bits per heavy atom. The molecule has 0 amide bonds. The van der Waals surface area contributed by atoms with Crippen molar-refractivity contribution in [3.8, 4) is 0 Å². The Morgan fingerprint density at radius 1 is 1.55 bits per heavy atom. The van der Waals surface area contributed by atoms with E-state index in [1.807, 2.05) is 7.05 Å². The van der Waals surface area contributed by atoms with Crippen molar-refractivity contribution in [2.75, 3.05) is 0 Å². The number of aromatic amines is 1. The molecule has 2 heterocycles. The standard InChI is InChI=1S/C6H7N5/c1-11-3-10-5(7)4-6(11)9-2-8-4/h2-3,7H,1H3,(H,8,9). The van der Waals surface area contributed by atoms with E-state index >= 15 is 0 Å². The van der Waals surface area contributed by atoms with E-state index in [1.54, 1.807) is 17.2 Å². The number of H-pyrrole nitrogens is 1. The predicted octanol–water partition coefficient (Wildman–Crippen LogP) is -0.224. The first-order valence-electron chi connectivity index (χ1n) is 3.18. The lowest BCUT2D eigenvalue weighted by molar-refractivity contribution is 0.876. The molecule has 0 radical (unpaired) electrons. The Bertz CT molecular complexity index is 437. The largest absolute Gasteiger partial charge is 0.340 e. The monoisotopic (exact) mass is 149 g/mol. The third kappa shape index (κ3) is 0.739. The van der Waals surface area contributed by atoms with Gasteiger partial charge in [0.15, 0.2) is 11.1 Å². The minimum absolute atomic E-state index is 0.232. The van der Waals surface area contributed by atoms with Gasteiger partial charge < -0.3 is 9.55 Å². The van der Waals surface area contributed by atoms with Gasteiger partial charge in [-0.2, -0.15) is 0 Å². The summed E-state index contributed by atoms with van der Waals surface area (Å²) in [4.78, 5) is 10.7. The zero-order chi connectivity index (χ0) is 7.84. The van der Waals surface area contributed by atoms with Gasteiger partial charge in [-0.1, -0.05) is 0 Å². The fourth-order valence-electron chi connectivity index (χ4n) is 0.992. The molecule has 0 aliphatic rings. The maximum Gasteiger partial charge on any atom is 0.173 e. The second-order valence-electron chi connectivity index (χ2n) is 2.31. The van der Waals surface area contributed by atoms with Crippen LogP contribution in [0, 0.1) is 5.41 Å². The molecule has 11 heavy (non-hydrogen) atoms. The molecule has 0 aliphatic carbocycles. The summed E-state index contributed by atoms with van der Waals surface area (Å²) in [7, 11) is 1.84. The zero-order valence-electron chi connectivity index (χ0n) is 6.00. The maximum atomic E-state index is 7.38. The Hall–Kier alpha value is -1.65. The summed E-state index contributed by atoms with van der Waals surface area (Å²) >= 11 is 0. The second kappa shape index (κ2) is 1.91. The van der Waals surface area contributed by atoms with Crippen LogP contribution in [-0.4, -0.2) is 19.5 Å². The SMILES string of the molecule is Cn1cnc(=N)c2[nH]cnc21. The van der Waals surface area contributed by atoms with Crippen LogP contribution in [0.1, 0.15) is 0 Å². The van der Waals surface area contributed by atoms with Gasteiger partial charge in [0, 0.05) is 7.05 Å². The molecule has 0 saturated carbocycles. The van der Waals surface area contributed by atoms with E-state index in [2.05, 4.69) is 15.0 Å². The summed E-state index contributed by atoms with van der Waals surface area (Å²) in [6.07, 6.45) is 3.13. The van der Waals surface area contributed by atoms with Gasteiger partial charge in [0.1, 0.15) is 5.52 Å². The highest BCUT2D eigenvalue weighted by molar-refractivity contribution is 5.67. The summed E-state index contributed by atoms with van der Waals surface area (Å²) in [5.74, 6) is 0. The van der Waals surface area contributed by atoms with Crippen LogP contribution in [0.25, 0.3) is 11.2 Å². The molecule has 0 aliphatic heterocycles. The fourth-order valence-corrected chi connectivity index (χ4v) is 0.992. The summed E-state index contributed by atoms with van der Waals surface area (Å²) in [6, 6.07) is 0. The van der Waals surface area contributed by atoms with Crippen molar-refractivity contribution in [3.05, 3.63) is 18.1 Å². The molecule has 56 valence electrons. The number of imidazole rings is 1. The first-order valence-corrected chi connectivity index (χ1v) is 3.18. The molecule has 2 N–H and O–H groups in total. The quantitative estimate of drug-likeness (QED) is 0.543. The number of aromatic nitrogens is 4. The smallest absolute Gasteiger partial charge is 0.173 e. The number of nitrogens with one attached hydrogen (secondary N) is 2. The van der Waals surface area contributed by atoms with Crippen molar-refractivity contribution in [1.29, 1.82) is 5.41 Å². The van der Waals surface area contributed by atoms with Crippen molar-refractivity contribution in [2.24, 2.45) is 7.05 Å². The molecule has 0 unspecified atom stereocenters. The van der Waals surface area contributed by atoms with Gasteiger partial charge in [-0.25, -0.2) is 9.97 Å². The van der Waals surface area contributed by atoms with Gasteiger partial charge in [0.05, 0.1) is 12.7 Å². The van der Waals surface area contributed by atoms with Crippen molar-refractivity contribution in [2.45, 2.75) is 0 Å². The summed E-state index contributed by atoms with van der Waals surface area (Å²) < 4.78 is 1.77. The highest BCUT2D eigenvalue weighted by Crippen LogP contribution is 1.98. The first kappa shape index (κ1) is 6.09. The van der Waals surface area contributed by atoms with E-state index in [0.717, 1.165) is 5.65 Å². The first-order chi connectivity index (χ1) is 5.29. The third-order valence-corrected chi connectivity index (χ3v) is 1.55. The molecule has 0 fully saturated rings. The summed E-state index contributed by atoms with van der Waals surface area (Å²) in [6.45, 7) is 0. The molecule has 0 spiro atoms. The summed E-state index contributed by atoms with van der Waals surface area (Å²) in [5, 5.41) is 7.38. The highest BCUT2D eigenvalue weighted by Gasteiger charge is 1.99. The molecule has 0 atom stereocenters. The number of hydrogen-bond donors (Lipinski definition) is 2. The highest BCUT2D eigenvalue weighted by atomic mass is 15.1. The second-order valence-corrected chi connectivity index (χ2v) is 2.31. The summed E-state index contributed by atoms with van der Waals surface area (Å²) in [5.41, 5.74) is 1.66. The Labute approximate surface area is 62.2 Å². The molecular formula is C6H7N5. The van der Waals surface area contributed by atoms with Crippen LogP contribution < -0.4 is 5.49 Å². The van der Waals surface area contributed by atoms with E-state index in [0.29, 0.717) is 5.52 Å². The molecule has 2 aromatic rings. The van der Waals surface area contributed by atoms with Crippen LogP contribution in [0.15, 0.2) is 12.7 Å². The molecule has 5 heteroatoms. The normalized spacial score (nSPS) is 10.6. The van der Waals surface area contributed by atoms with E-state index in [-0.39, 0.29) is 5.49 Å². The fraction of sp³-hybridized carbons (Fsp3) is 0.167. The Kier molecular flexibility index (Phi) is 1.06. The lowest BCUT2D eigenvalue weighted by Gasteiger charge is -1.95. The average Bonchev–Trinajstić information content (AvgIpc) is 2.45. The molecule has 5 nitrogen and oxygen atoms in total. The van der Waals surface area contributed by atoms with Crippen molar-refractivity contribution in [1.82, 2.24) is 19.5 Å². The van der Waals surface area contributed by atoms with Gasteiger partial charge in [-0.05, 0) is 0 Å². The van der Waals surface area contributed by atoms with Crippen molar-refractivity contribution < 1.29 is 0 Å². The molecule has 0 saturated heterocycles. The zero-order valence-corrected chi connectivity index (χ0v) is 6.00. The Morgan fingerprint density at radius 2 is 2.36 bits per heavy atom. The third-order valence-electron chi connectivity index (χ3n) is 1.55. The molecule has 2 rings (SSSR count). The minimum Gasteiger partial charge on any atom is -0.340 e. The molecular weight excluding hydrogens is 142 g/mol. The Balaban J connectivity index is 3.08. The number of fused-ring (bicyclic) bond motifs is 1. The van der Waals surface area contributed by atoms with Crippen LogP contribution in [0.3, 0.4) is 0 Å². The maximum absolute atomic E-state index is 7.38. The van der Waals surface area contributed by atoms with E-state index in [1.165, 1.54) is 0 Å². The van der Waals surface area contributed by atoms with Gasteiger partial charge in [0.2, 0.25) is 0 Å². The van der Waals surface area contributed by atoms with Gasteiger partial charge in [-0.15, -0.1) is 0 Å². The van der Waals surface area contributed by atoms with E-state index in [4.69, 9.17) is 5.41 Å². The van der Waals surface area contributed by atoms with Crippen LogP contribution in [-0.2, 0) is 7.05 Å². The van der Waals surface area contributed by atoms with E-state index in [9.17, 15) is 0 Å². The van der Waals surface area contributed by atoms with Gasteiger partial charge in [-0.3, -0.25) is 5.41 Å². The average molecular weight is 149 g/mol. The predicted molar refractivity (Wildman–Crippen MR) is 38.7 cm³/mol. The van der Waals surface area contributed by atoms with Gasteiger partial charge >= 0.3 is 0 Å². The number of hydrogen-bond acceptors (Lipinski definition) is 3. The topological polar surface area (TPSA) is 70.3 Å². The number of nitrogens with zero attached hydrogens (tertiary/aromatic N) is 3. The molecule has 0 aromatic carbocycles. The van der Waals surface area contributed by atoms with Crippen LogP contribution in [0.2, 0.25) is 0 Å². The lowest BCUT2D eigenvalue weighted by atomic mass is 10.5. The lowest BCUT2D eigenvalue weighted by Crippen LogP contribution is -2.10. The van der Waals surface area contributed by atoms with E-state index < -0.39 is 0 Å². The van der Waals surface area contributed by atoms with Gasteiger partial charge in [0.25, 0.3) is 0 Å².